The SMILES string of the molecule is CC1(C)CC(=O)N(c2ccc(CNC3CC3)cc2)C1=O. The van der Waals surface area contributed by atoms with Crippen molar-refractivity contribution in [1.29, 1.82) is 0 Å². The monoisotopic (exact) mass is 272 g/mol. The lowest BCUT2D eigenvalue weighted by Gasteiger charge is -2.18. The lowest BCUT2D eigenvalue weighted by atomic mass is 9.92. The molecule has 4 nitrogen and oxygen atoms in total. The Kier molecular flexibility index (Phi) is 3.13. The van der Waals surface area contributed by atoms with E-state index in [1.165, 1.54) is 23.3 Å². The average molecular weight is 272 g/mol. The molecule has 0 aromatic heterocycles. The molecule has 20 heavy (non-hydrogen) atoms. The van der Waals surface area contributed by atoms with Gasteiger partial charge in [0.2, 0.25) is 11.8 Å². The molecule has 1 aliphatic heterocycles. The van der Waals surface area contributed by atoms with Crippen LogP contribution in [0.2, 0.25) is 0 Å². The van der Waals surface area contributed by atoms with Gasteiger partial charge in [-0.2, -0.15) is 0 Å². The molecule has 1 saturated heterocycles. The first-order valence-corrected chi connectivity index (χ1v) is 7.17. The molecule has 0 spiro atoms. The van der Waals surface area contributed by atoms with Crippen molar-refractivity contribution < 1.29 is 9.59 Å². The number of amides is 2. The highest BCUT2D eigenvalue weighted by Crippen LogP contribution is 2.35. The molecule has 1 N–H and O–H groups in total. The molecule has 0 radical (unpaired) electrons. The maximum absolute atomic E-state index is 12.2. The first kappa shape index (κ1) is 13.3. The van der Waals surface area contributed by atoms with Gasteiger partial charge in [0, 0.05) is 19.0 Å². The minimum Gasteiger partial charge on any atom is -0.310 e. The Labute approximate surface area is 119 Å². The number of anilines is 1. The molecule has 0 bridgehead atoms. The van der Waals surface area contributed by atoms with Gasteiger partial charge in [-0.05, 0) is 30.5 Å². The summed E-state index contributed by atoms with van der Waals surface area (Å²) in [5.41, 5.74) is 1.28. The Morgan fingerprint density at radius 1 is 1.20 bits per heavy atom. The van der Waals surface area contributed by atoms with E-state index in [2.05, 4.69) is 5.32 Å². The number of hydrogen-bond acceptors (Lipinski definition) is 3. The van der Waals surface area contributed by atoms with Crippen LogP contribution in [-0.4, -0.2) is 17.9 Å². The fourth-order valence-electron chi connectivity index (χ4n) is 2.52. The first-order valence-electron chi connectivity index (χ1n) is 7.17. The number of imide groups is 1. The van der Waals surface area contributed by atoms with E-state index in [4.69, 9.17) is 0 Å². The second-order valence-electron chi connectivity index (χ2n) is 6.42. The molecule has 1 aromatic carbocycles. The summed E-state index contributed by atoms with van der Waals surface area (Å²) in [7, 11) is 0. The number of benzene rings is 1. The van der Waals surface area contributed by atoms with Gasteiger partial charge < -0.3 is 5.32 Å². The molecular formula is C16H20N2O2. The van der Waals surface area contributed by atoms with E-state index in [9.17, 15) is 9.59 Å². The molecule has 3 rings (SSSR count). The second kappa shape index (κ2) is 4.70. The molecule has 106 valence electrons. The Morgan fingerprint density at radius 2 is 1.85 bits per heavy atom. The van der Waals surface area contributed by atoms with Crippen LogP contribution in [0.5, 0.6) is 0 Å². The number of rotatable bonds is 4. The lowest BCUT2D eigenvalue weighted by Crippen LogP contribution is -2.32. The van der Waals surface area contributed by atoms with E-state index in [1.807, 2.05) is 38.1 Å². The molecule has 1 heterocycles. The van der Waals surface area contributed by atoms with Crippen molar-refractivity contribution in [2.45, 2.75) is 45.7 Å². The van der Waals surface area contributed by atoms with Gasteiger partial charge in [0.05, 0.1) is 11.1 Å². The number of carbonyl (C=O) groups excluding carboxylic acids is 2. The van der Waals surface area contributed by atoms with Crippen molar-refractivity contribution in [1.82, 2.24) is 5.32 Å². The van der Waals surface area contributed by atoms with E-state index in [-0.39, 0.29) is 18.2 Å². The minimum absolute atomic E-state index is 0.105. The van der Waals surface area contributed by atoms with Gasteiger partial charge in [-0.15, -0.1) is 0 Å². The first-order chi connectivity index (χ1) is 9.47. The third kappa shape index (κ3) is 2.48. The van der Waals surface area contributed by atoms with E-state index in [0.29, 0.717) is 11.7 Å². The normalized spacial score (nSPS) is 21.6. The van der Waals surface area contributed by atoms with Crippen molar-refractivity contribution in [3.05, 3.63) is 29.8 Å². The van der Waals surface area contributed by atoms with Gasteiger partial charge in [0.15, 0.2) is 0 Å². The molecule has 1 saturated carbocycles. The predicted molar refractivity (Wildman–Crippen MR) is 77.2 cm³/mol. The summed E-state index contributed by atoms with van der Waals surface area (Å²) in [6.45, 7) is 4.49. The van der Waals surface area contributed by atoms with Gasteiger partial charge in [-0.1, -0.05) is 26.0 Å². The van der Waals surface area contributed by atoms with E-state index in [1.54, 1.807) is 0 Å². The highest BCUT2D eigenvalue weighted by Gasteiger charge is 2.45. The lowest BCUT2D eigenvalue weighted by molar-refractivity contribution is -0.124. The Morgan fingerprint density at radius 3 is 2.35 bits per heavy atom. The van der Waals surface area contributed by atoms with Crippen LogP contribution in [0.3, 0.4) is 0 Å². The van der Waals surface area contributed by atoms with Crippen molar-refractivity contribution in [2.24, 2.45) is 5.41 Å². The van der Waals surface area contributed by atoms with Crippen molar-refractivity contribution >= 4 is 17.5 Å². The molecule has 2 aliphatic rings. The molecule has 0 atom stereocenters. The standard InChI is InChI=1S/C16H20N2O2/c1-16(2)9-14(19)18(15(16)20)13-7-3-11(4-8-13)10-17-12-5-6-12/h3-4,7-8,12,17H,5-6,9-10H2,1-2H3. The zero-order chi connectivity index (χ0) is 14.3. The van der Waals surface area contributed by atoms with Crippen molar-refractivity contribution in [3.8, 4) is 0 Å². The minimum atomic E-state index is -0.580. The largest absolute Gasteiger partial charge is 0.310 e. The fraction of sp³-hybridized carbons (Fsp3) is 0.500. The molecule has 4 heteroatoms. The van der Waals surface area contributed by atoms with Gasteiger partial charge in [-0.3, -0.25) is 14.5 Å². The molecule has 1 aliphatic carbocycles. The summed E-state index contributed by atoms with van der Waals surface area (Å²) in [5, 5.41) is 3.45. The van der Waals surface area contributed by atoms with Crippen LogP contribution in [-0.2, 0) is 16.1 Å². The maximum Gasteiger partial charge on any atom is 0.239 e. The Bertz CT molecular complexity index is 544. The van der Waals surface area contributed by atoms with Crippen LogP contribution in [0.1, 0.15) is 38.7 Å². The summed E-state index contributed by atoms with van der Waals surface area (Å²) < 4.78 is 0. The zero-order valence-corrected chi connectivity index (χ0v) is 12.0. The van der Waals surface area contributed by atoms with Crippen LogP contribution in [0.15, 0.2) is 24.3 Å². The van der Waals surface area contributed by atoms with Crippen LogP contribution in [0.25, 0.3) is 0 Å². The zero-order valence-electron chi connectivity index (χ0n) is 12.0. The molecule has 1 aromatic rings. The Balaban J connectivity index is 1.73. The van der Waals surface area contributed by atoms with Gasteiger partial charge >= 0.3 is 0 Å². The van der Waals surface area contributed by atoms with Crippen LogP contribution < -0.4 is 10.2 Å². The number of nitrogens with zero attached hydrogens (tertiary/aromatic N) is 1. The summed E-state index contributed by atoms with van der Waals surface area (Å²) in [4.78, 5) is 25.6. The summed E-state index contributed by atoms with van der Waals surface area (Å²) >= 11 is 0. The number of nitrogens with one attached hydrogen (secondary N) is 1. The van der Waals surface area contributed by atoms with Crippen LogP contribution >= 0.6 is 0 Å². The third-order valence-corrected chi connectivity index (χ3v) is 3.99. The maximum atomic E-state index is 12.2. The molecular weight excluding hydrogens is 252 g/mol. The average Bonchev–Trinajstić information content (AvgIpc) is 3.18. The van der Waals surface area contributed by atoms with E-state index < -0.39 is 5.41 Å². The topological polar surface area (TPSA) is 49.4 Å². The highest BCUT2D eigenvalue weighted by molar-refractivity contribution is 6.22. The third-order valence-electron chi connectivity index (χ3n) is 3.99. The van der Waals surface area contributed by atoms with Crippen molar-refractivity contribution in [2.75, 3.05) is 4.90 Å². The van der Waals surface area contributed by atoms with Crippen LogP contribution in [0.4, 0.5) is 5.69 Å². The molecule has 2 fully saturated rings. The molecule has 2 amide bonds. The summed E-state index contributed by atoms with van der Waals surface area (Å²) in [5.74, 6) is -0.213. The van der Waals surface area contributed by atoms with E-state index >= 15 is 0 Å². The van der Waals surface area contributed by atoms with Gasteiger partial charge in [0.1, 0.15) is 0 Å². The quantitative estimate of drug-likeness (QED) is 0.855. The fourth-order valence-corrected chi connectivity index (χ4v) is 2.52. The van der Waals surface area contributed by atoms with Gasteiger partial charge in [-0.25, -0.2) is 0 Å². The molecule has 0 unspecified atom stereocenters. The summed E-state index contributed by atoms with van der Waals surface area (Å²) in [6, 6.07) is 8.37. The van der Waals surface area contributed by atoms with E-state index in [0.717, 1.165) is 6.54 Å². The number of carbonyl (C=O) groups is 2. The van der Waals surface area contributed by atoms with Crippen molar-refractivity contribution in [3.63, 3.8) is 0 Å². The van der Waals surface area contributed by atoms with Gasteiger partial charge in [0.25, 0.3) is 0 Å². The second-order valence-corrected chi connectivity index (χ2v) is 6.42. The summed E-state index contributed by atoms with van der Waals surface area (Å²) in [6.07, 6.45) is 2.82. The van der Waals surface area contributed by atoms with Crippen LogP contribution in [0, 0.1) is 5.41 Å². The smallest absolute Gasteiger partial charge is 0.239 e. The number of hydrogen-bond donors (Lipinski definition) is 1. The predicted octanol–water partition coefficient (Wildman–Crippen LogP) is 2.23. The Hall–Kier alpha value is -1.68. The highest BCUT2D eigenvalue weighted by atomic mass is 16.2.